The molecule has 14 heteroatoms. The second-order valence-corrected chi connectivity index (χ2v) is 9.02. The summed E-state index contributed by atoms with van der Waals surface area (Å²) in [5, 5.41) is 18.8. The molecule has 2 aromatic rings. The zero-order chi connectivity index (χ0) is 26.9. The van der Waals surface area contributed by atoms with Gasteiger partial charge < -0.3 is 10.4 Å². The first-order valence-electron chi connectivity index (χ1n) is 10.3. The Morgan fingerprint density at radius 1 is 1.14 bits per heavy atom. The lowest BCUT2D eigenvalue weighted by Gasteiger charge is -2.31. The Kier molecular flexibility index (Phi) is 8.13. The molecule has 0 spiro atoms. The van der Waals surface area contributed by atoms with E-state index in [4.69, 9.17) is 23.2 Å². The number of amides is 1. The summed E-state index contributed by atoms with van der Waals surface area (Å²) in [7, 11) is 0. The maximum absolute atomic E-state index is 14.2. The minimum absolute atomic E-state index is 0.0397. The number of nitrogens with one attached hydrogen (secondary N) is 2. The first-order valence-corrected chi connectivity index (χ1v) is 11.1. The number of hydrogen-bond acceptors (Lipinski definition) is 5. The first kappa shape index (κ1) is 28.0. The van der Waals surface area contributed by atoms with Crippen molar-refractivity contribution >= 4 is 41.0 Å². The number of aliphatic hydroxyl groups is 1. The van der Waals surface area contributed by atoms with Crippen molar-refractivity contribution < 1.29 is 36.2 Å². The molecule has 0 saturated carbocycles. The first-order chi connectivity index (χ1) is 16.6. The van der Waals surface area contributed by atoms with E-state index in [0.717, 1.165) is 11.2 Å². The molecule has 2 atom stereocenters. The van der Waals surface area contributed by atoms with Crippen LogP contribution in [0.5, 0.6) is 0 Å². The van der Waals surface area contributed by atoms with Crippen LogP contribution in [-0.4, -0.2) is 55.4 Å². The van der Waals surface area contributed by atoms with E-state index in [-0.39, 0.29) is 26.9 Å². The number of hydrazone groups is 1. The lowest BCUT2D eigenvalue weighted by Crippen LogP contribution is -2.47. The van der Waals surface area contributed by atoms with Crippen LogP contribution in [-0.2, 0) is 5.41 Å². The Morgan fingerprint density at radius 2 is 1.78 bits per heavy atom. The summed E-state index contributed by atoms with van der Waals surface area (Å²) in [5.41, 5.74) is -1.90. The summed E-state index contributed by atoms with van der Waals surface area (Å²) >= 11 is 11.9. The molecule has 36 heavy (non-hydrogen) atoms. The Hall–Kier alpha value is -2.54. The average molecular weight is 557 g/mol. The fourth-order valence-corrected chi connectivity index (χ4v) is 4.13. The van der Waals surface area contributed by atoms with Gasteiger partial charge in [0.2, 0.25) is 0 Å². The molecule has 2 unspecified atom stereocenters. The van der Waals surface area contributed by atoms with Crippen LogP contribution in [0.2, 0.25) is 10.0 Å². The largest absolute Gasteiger partial charge is 0.405 e. The molecule has 3 rings (SSSR count). The Morgan fingerprint density at radius 3 is 2.33 bits per heavy atom. The van der Waals surface area contributed by atoms with Crippen molar-refractivity contribution in [2.45, 2.75) is 30.9 Å². The molecule has 0 saturated heterocycles. The van der Waals surface area contributed by atoms with Crippen LogP contribution in [0, 0.1) is 6.92 Å². The van der Waals surface area contributed by atoms with Crippen LogP contribution in [0.3, 0.4) is 0 Å². The van der Waals surface area contributed by atoms with Crippen LogP contribution in [0.15, 0.2) is 41.5 Å². The van der Waals surface area contributed by atoms with E-state index in [1.807, 2.05) is 5.32 Å². The number of aryl methyl sites for hydroxylation is 1. The second-order valence-electron chi connectivity index (χ2n) is 8.15. The van der Waals surface area contributed by atoms with Crippen molar-refractivity contribution in [1.29, 1.82) is 0 Å². The zero-order valence-electron chi connectivity index (χ0n) is 18.5. The second kappa shape index (κ2) is 10.4. The van der Waals surface area contributed by atoms with Gasteiger partial charge in [0.15, 0.2) is 0 Å². The summed E-state index contributed by atoms with van der Waals surface area (Å²) in [6, 6.07) is 7.84. The van der Waals surface area contributed by atoms with Gasteiger partial charge in [0.25, 0.3) is 5.91 Å². The van der Waals surface area contributed by atoms with Crippen LogP contribution >= 0.6 is 23.2 Å². The number of alkyl halides is 6. The Bertz CT molecular complexity index is 1140. The fourth-order valence-electron chi connectivity index (χ4n) is 3.60. The average Bonchev–Trinajstić information content (AvgIpc) is 3.22. The monoisotopic (exact) mass is 556 g/mol. The number of halogens is 8. The lowest BCUT2D eigenvalue weighted by atomic mass is 9.81. The van der Waals surface area contributed by atoms with E-state index >= 15 is 0 Å². The van der Waals surface area contributed by atoms with Gasteiger partial charge in [-0.2, -0.15) is 31.4 Å². The topological polar surface area (TPSA) is 77.0 Å². The van der Waals surface area contributed by atoms with Gasteiger partial charge in [0, 0.05) is 21.8 Å². The van der Waals surface area contributed by atoms with E-state index in [9.17, 15) is 36.2 Å². The predicted octanol–water partition coefficient (Wildman–Crippen LogP) is 4.81. The van der Waals surface area contributed by atoms with Crippen LogP contribution in [0.25, 0.3) is 0 Å². The maximum Gasteiger partial charge on any atom is 0.405 e. The van der Waals surface area contributed by atoms with Gasteiger partial charge >= 0.3 is 12.4 Å². The number of hydrogen-bond donors (Lipinski definition) is 3. The third-order valence-corrected chi connectivity index (χ3v) is 5.88. The standard InChI is InChI=1S/C22H20Cl2F6N4O2/c1-12-4-16(2-3-17(12)19(36)31-8-18(35)32-10-21(25,26)27)34-11-20(9-33-34,22(28,29)30)13-5-14(23)7-15(24)6-13/h2-7,9,18,32,35H,8,10-11H2,1H3,(H,31,36). The van der Waals surface area contributed by atoms with Crippen molar-refractivity contribution in [3.05, 3.63) is 63.1 Å². The molecule has 1 heterocycles. The summed E-state index contributed by atoms with van der Waals surface area (Å²) < 4.78 is 79.3. The van der Waals surface area contributed by atoms with Crippen molar-refractivity contribution in [1.82, 2.24) is 10.6 Å². The summed E-state index contributed by atoms with van der Waals surface area (Å²) in [6.07, 6.45) is -10.1. The molecular weight excluding hydrogens is 537 g/mol. The molecule has 0 fully saturated rings. The molecule has 1 aliphatic rings. The number of nitrogens with zero attached hydrogens (tertiary/aromatic N) is 2. The summed E-state index contributed by atoms with van der Waals surface area (Å²) in [4.78, 5) is 12.4. The van der Waals surface area contributed by atoms with Gasteiger partial charge in [-0.25, -0.2) is 0 Å². The van der Waals surface area contributed by atoms with Gasteiger partial charge in [-0.15, -0.1) is 0 Å². The van der Waals surface area contributed by atoms with Crippen LogP contribution < -0.4 is 15.6 Å². The number of rotatable bonds is 7. The molecule has 1 aliphatic heterocycles. The van der Waals surface area contributed by atoms with E-state index in [2.05, 4.69) is 10.4 Å². The third kappa shape index (κ3) is 6.41. The highest BCUT2D eigenvalue weighted by molar-refractivity contribution is 6.34. The molecule has 6 nitrogen and oxygen atoms in total. The van der Waals surface area contributed by atoms with Gasteiger partial charge in [-0.3, -0.25) is 15.1 Å². The number of aliphatic hydroxyl groups excluding tert-OH is 1. The third-order valence-electron chi connectivity index (χ3n) is 5.45. The highest BCUT2D eigenvalue weighted by Gasteiger charge is 2.58. The molecule has 0 aliphatic carbocycles. The maximum atomic E-state index is 14.2. The highest BCUT2D eigenvalue weighted by atomic mass is 35.5. The minimum atomic E-state index is -4.73. The number of carbonyl (C=O) groups is 1. The normalized spacial score (nSPS) is 19.0. The Balaban J connectivity index is 1.74. The molecular formula is C22H20Cl2F6N4O2. The van der Waals surface area contributed by atoms with Gasteiger partial charge in [0.1, 0.15) is 11.6 Å². The number of carbonyl (C=O) groups excluding carboxylic acids is 1. The number of anilines is 1. The molecule has 0 aromatic heterocycles. The smallest absolute Gasteiger partial charge is 0.377 e. The summed E-state index contributed by atoms with van der Waals surface area (Å²) in [6.45, 7) is -1.00. The number of benzene rings is 2. The molecule has 0 bridgehead atoms. The van der Waals surface area contributed by atoms with E-state index in [1.165, 1.54) is 43.3 Å². The SMILES string of the molecule is Cc1cc(N2CC(c3cc(Cl)cc(Cl)c3)(C(F)(F)F)C=N2)ccc1C(=O)NCC(O)NCC(F)(F)F. The van der Waals surface area contributed by atoms with Crippen molar-refractivity contribution in [2.75, 3.05) is 24.6 Å². The fraction of sp³-hybridized carbons (Fsp3) is 0.364. The molecule has 196 valence electrons. The predicted molar refractivity (Wildman–Crippen MR) is 124 cm³/mol. The van der Waals surface area contributed by atoms with Gasteiger partial charge in [0.05, 0.1) is 25.3 Å². The lowest BCUT2D eigenvalue weighted by molar-refractivity contribution is -0.164. The zero-order valence-corrected chi connectivity index (χ0v) is 20.0. The summed E-state index contributed by atoms with van der Waals surface area (Å²) in [5.74, 6) is -0.685. The van der Waals surface area contributed by atoms with E-state index < -0.39 is 49.5 Å². The molecule has 2 aromatic carbocycles. The van der Waals surface area contributed by atoms with E-state index in [0.29, 0.717) is 5.56 Å². The van der Waals surface area contributed by atoms with E-state index in [1.54, 1.807) is 0 Å². The van der Waals surface area contributed by atoms with Crippen molar-refractivity contribution in [3.63, 3.8) is 0 Å². The van der Waals surface area contributed by atoms with Crippen molar-refractivity contribution in [3.8, 4) is 0 Å². The molecule has 3 N–H and O–H groups in total. The molecule has 1 amide bonds. The quantitative estimate of drug-likeness (QED) is 0.338. The Labute approximate surface area is 211 Å². The van der Waals surface area contributed by atoms with Crippen LogP contribution in [0.1, 0.15) is 21.5 Å². The van der Waals surface area contributed by atoms with Crippen LogP contribution in [0.4, 0.5) is 32.0 Å². The minimum Gasteiger partial charge on any atom is -0.377 e. The highest BCUT2D eigenvalue weighted by Crippen LogP contribution is 2.45. The van der Waals surface area contributed by atoms with Gasteiger partial charge in [-0.05, 0) is 54.4 Å². The molecule has 0 radical (unpaired) electrons. The van der Waals surface area contributed by atoms with Crippen molar-refractivity contribution in [2.24, 2.45) is 5.10 Å². The van der Waals surface area contributed by atoms with Gasteiger partial charge in [-0.1, -0.05) is 23.2 Å².